The topological polar surface area (TPSA) is 64.1 Å². The highest BCUT2D eigenvalue weighted by molar-refractivity contribution is 9.10. The standard InChI is InChI=1S/C14H12BrN3O/c1-8-3-2-4-11(13(8)15)18-14-17-10-6-5-9(16)7-12(10)19-14/h2-7H,16H2,1H3,(H,17,18). The van der Waals surface area contributed by atoms with Gasteiger partial charge in [-0.25, -0.2) is 0 Å². The number of nitrogens with two attached hydrogens (primary N) is 1. The van der Waals surface area contributed by atoms with Gasteiger partial charge in [-0.3, -0.25) is 0 Å². The number of nitrogens with zero attached hydrogens (tertiary/aromatic N) is 1. The predicted molar refractivity (Wildman–Crippen MR) is 80.6 cm³/mol. The van der Waals surface area contributed by atoms with E-state index in [1.165, 1.54) is 0 Å². The summed E-state index contributed by atoms with van der Waals surface area (Å²) < 4.78 is 6.62. The molecule has 2 aromatic carbocycles. The third-order valence-electron chi connectivity index (χ3n) is 2.85. The maximum atomic E-state index is 5.71. The van der Waals surface area contributed by atoms with Gasteiger partial charge in [0, 0.05) is 16.2 Å². The van der Waals surface area contributed by atoms with Crippen molar-refractivity contribution in [2.24, 2.45) is 0 Å². The Morgan fingerprint density at radius 2 is 2.11 bits per heavy atom. The Morgan fingerprint density at radius 3 is 2.95 bits per heavy atom. The first-order chi connectivity index (χ1) is 9.13. The number of hydrogen-bond donors (Lipinski definition) is 2. The van der Waals surface area contributed by atoms with Crippen molar-refractivity contribution in [3.8, 4) is 0 Å². The number of aromatic nitrogens is 1. The van der Waals surface area contributed by atoms with E-state index in [0.29, 0.717) is 17.3 Å². The SMILES string of the molecule is Cc1cccc(Nc2nc3ccc(N)cc3o2)c1Br. The molecule has 0 unspecified atom stereocenters. The average molecular weight is 318 g/mol. The smallest absolute Gasteiger partial charge is 0.300 e. The van der Waals surface area contributed by atoms with Crippen molar-refractivity contribution in [3.05, 3.63) is 46.4 Å². The molecule has 4 nitrogen and oxygen atoms in total. The van der Waals surface area contributed by atoms with Crippen molar-refractivity contribution in [1.29, 1.82) is 0 Å². The third kappa shape index (κ3) is 2.29. The van der Waals surface area contributed by atoms with Crippen LogP contribution in [-0.4, -0.2) is 4.98 Å². The van der Waals surface area contributed by atoms with Crippen LogP contribution in [0.25, 0.3) is 11.1 Å². The van der Waals surface area contributed by atoms with E-state index in [0.717, 1.165) is 21.2 Å². The Bertz CT molecular complexity index is 752. The van der Waals surface area contributed by atoms with Crippen LogP contribution in [0.4, 0.5) is 17.4 Å². The number of halogens is 1. The Hall–Kier alpha value is -2.01. The molecule has 1 aromatic heterocycles. The number of oxazole rings is 1. The summed E-state index contributed by atoms with van der Waals surface area (Å²) in [6, 6.07) is 11.8. The minimum atomic E-state index is 0.451. The maximum Gasteiger partial charge on any atom is 0.300 e. The average Bonchev–Trinajstić information content (AvgIpc) is 2.76. The van der Waals surface area contributed by atoms with Gasteiger partial charge in [0.05, 0.1) is 5.69 Å². The lowest BCUT2D eigenvalue weighted by molar-refractivity contribution is 0.623. The van der Waals surface area contributed by atoms with Crippen LogP contribution >= 0.6 is 15.9 Å². The molecule has 3 aromatic rings. The van der Waals surface area contributed by atoms with Gasteiger partial charge in [0.1, 0.15) is 5.52 Å². The van der Waals surface area contributed by atoms with Crippen molar-refractivity contribution in [2.75, 3.05) is 11.1 Å². The normalized spacial score (nSPS) is 10.8. The number of fused-ring (bicyclic) bond motifs is 1. The van der Waals surface area contributed by atoms with Crippen LogP contribution in [0, 0.1) is 6.92 Å². The lowest BCUT2D eigenvalue weighted by Gasteiger charge is -2.06. The van der Waals surface area contributed by atoms with Crippen LogP contribution in [0.1, 0.15) is 5.56 Å². The molecule has 0 saturated heterocycles. The first-order valence-electron chi connectivity index (χ1n) is 5.82. The predicted octanol–water partition coefficient (Wildman–Crippen LogP) is 4.22. The summed E-state index contributed by atoms with van der Waals surface area (Å²) in [5.74, 6) is 0. The summed E-state index contributed by atoms with van der Waals surface area (Å²) >= 11 is 3.54. The van der Waals surface area contributed by atoms with E-state index in [9.17, 15) is 0 Å². The molecule has 0 fully saturated rings. The van der Waals surface area contributed by atoms with E-state index >= 15 is 0 Å². The van der Waals surface area contributed by atoms with Gasteiger partial charge in [-0.2, -0.15) is 4.98 Å². The molecule has 0 aliphatic carbocycles. The Kier molecular flexibility index (Phi) is 2.91. The monoisotopic (exact) mass is 317 g/mol. The number of nitrogen functional groups attached to an aromatic ring is 1. The fourth-order valence-corrected chi connectivity index (χ4v) is 2.22. The lowest BCUT2D eigenvalue weighted by atomic mass is 10.2. The van der Waals surface area contributed by atoms with E-state index in [1.54, 1.807) is 12.1 Å². The van der Waals surface area contributed by atoms with E-state index in [2.05, 4.69) is 26.2 Å². The molecule has 0 saturated carbocycles. The number of anilines is 3. The van der Waals surface area contributed by atoms with Gasteiger partial charge in [-0.05, 0) is 46.6 Å². The summed E-state index contributed by atoms with van der Waals surface area (Å²) in [4.78, 5) is 4.37. The highest BCUT2D eigenvalue weighted by Gasteiger charge is 2.08. The number of aryl methyl sites for hydroxylation is 1. The van der Waals surface area contributed by atoms with Gasteiger partial charge in [0.25, 0.3) is 6.01 Å². The Labute approximate surface area is 118 Å². The molecular weight excluding hydrogens is 306 g/mol. The molecule has 1 heterocycles. The first kappa shape index (κ1) is 12.0. The number of hydrogen-bond acceptors (Lipinski definition) is 4. The molecule has 0 atom stereocenters. The van der Waals surface area contributed by atoms with Gasteiger partial charge in [0.15, 0.2) is 5.58 Å². The van der Waals surface area contributed by atoms with Crippen LogP contribution in [0.15, 0.2) is 45.3 Å². The third-order valence-corrected chi connectivity index (χ3v) is 3.90. The maximum absolute atomic E-state index is 5.71. The van der Waals surface area contributed by atoms with E-state index < -0.39 is 0 Å². The van der Waals surface area contributed by atoms with Crippen LogP contribution in [0.3, 0.4) is 0 Å². The molecule has 19 heavy (non-hydrogen) atoms. The van der Waals surface area contributed by atoms with Gasteiger partial charge in [0.2, 0.25) is 0 Å². The highest BCUT2D eigenvalue weighted by atomic mass is 79.9. The molecule has 0 spiro atoms. The minimum absolute atomic E-state index is 0.451. The second-order valence-electron chi connectivity index (χ2n) is 4.31. The summed E-state index contributed by atoms with van der Waals surface area (Å²) in [6.07, 6.45) is 0. The van der Waals surface area contributed by atoms with Crippen molar-refractivity contribution in [2.45, 2.75) is 6.92 Å². The molecule has 96 valence electrons. The summed E-state index contributed by atoms with van der Waals surface area (Å²) in [5, 5.41) is 3.16. The van der Waals surface area contributed by atoms with Gasteiger partial charge in [-0.1, -0.05) is 12.1 Å². The zero-order valence-corrected chi connectivity index (χ0v) is 11.9. The van der Waals surface area contributed by atoms with Crippen molar-refractivity contribution < 1.29 is 4.42 Å². The minimum Gasteiger partial charge on any atom is -0.423 e. The quantitative estimate of drug-likeness (QED) is 0.694. The second kappa shape index (κ2) is 4.59. The van der Waals surface area contributed by atoms with E-state index in [-0.39, 0.29) is 0 Å². The Balaban J connectivity index is 1.99. The summed E-state index contributed by atoms with van der Waals surface area (Å²) in [5.41, 5.74) is 9.88. The number of rotatable bonds is 2. The second-order valence-corrected chi connectivity index (χ2v) is 5.10. The summed E-state index contributed by atoms with van der Waals surface area (Å²) in [6.45, 7) is 2.03. The van der Waals surface area contributed by atoms with Gasteiger partial charge in [-0.15, -0.1) is 0 Å². The van der Waals surface area contributed by atoms with E-state index in [4.69, 9.17) is 10.2 Å². The van der Waals surface area contributed by atoms with Gasteiger partial charge >= 0.3 is 0 Å². The molecule has 0 amide bonds. The number of benzene rings is 2. The van der Waals surface area contributed by atoms with Crippen molar-refractivity contribution in [3.63, 3.8) is 0 Å². The summed E-state index contributed by atoms with van der Waals surface area (Å²) in [7, 11) is 0. The molecule has 0 bridgehead atoms. The number of nitrogens with one attached hydrogen (secondary N) is 1. The Morgan fingerprint density at radius 1 is 1.26 bits per heavy atom. The van der Waals surface area contributed by atoms with Crippen molar-refractivity contribution >= 4 is 44.4 Å². The van der Waals surface area contributed by atoms with Gasteiger partial charge < -0.3 is 15.5 Å². The fraction of sp³-hybridized carbons (Fsp3) is 0.0714. The first-order valence-corrected chi connectivity index (χ1v) is 6.61. The molecular formula is C14H12BrN3O. The van der Waals surface area contributed by atoms with Crippen LogP contribution in [0.2, 0.25) is 0 Å². The van der Waals surface area contributed by atoms with Crippen molar-refractivity contribution in [1.82, 2.24) is 4.98 Å². The molecule has 5 heteroatoms. The molecule has 0 aliphatic heterocycles. The van der Waals surface area contributed by atoms with Crippen LogP contribution in [0.5, 0.6) is 0 Å². The molecule has 3 N–H and O–H groups in total. The lowest BCUT2D eigenvalue weighted by Crippen LogP contribution is -1.92. The largest absolute Gasteiger partial charge is 0.423 e. The fourth-order valence-electron chi connectivity index (χ4n) is 1.85. The van der Waals surface area contributed by atoms with Crippen LogP contribution in [-0.2, 0) is 0 Å². The molecule has 0 radical (unpaired) electrons. The highest BCUT2D eigenvalue weighted by Crippen LogP contribution is 2.30. The zero-order valence-electron chi connectivity index (χ0n) is 10.3. The van der Waals surface area contributed by atoms with E-state index in [1.807, 2.05) is 31.2 Å². The zero-order chi connectivity index (χ0) is 13.4. The molecule has 0 aliphatic rings. The molecule has 3 rings (SSSR count). The van der Waals surface area contributed by atoms with Crippen LogP contribution < -0.4 is 11.1 Å².